The average Bonchev–Trinajstić information content (AvgIpc) is 2.37. The first-order valence-electron chi connectivity index (χ1n) is 6.07. The highest BCUT2D eigenvalue weighted by atomic mass is 79.9. The molecule has 7 heteroatoms. The van der Waals surface area contributed by atoms with E-state index >= 15 is 0 Å². The number of hydrogen-bond acceptors (Lipinski definition) is 4. The van der Waals surface area contributed by atoms with Crippen LogP contribution in [0.2, 0.25) is 0 Å². The summed E-state index contributed by atoms with van der Waals surface area (Å²) in [5.41, 5.74) is 0.976. The van der Waals surface area contributed by atoms with Crippen LogP contribution in [-0.4, -0.2) is 26.7 Å². The fourth-order valence-corrected chi connectivity index (χ4v) is 3.93. The third-order valence-electron chi connectivity index (χ3n) is 3.14. The van der Waals surface area contributed by atoms with Crippen LogP contribution in [0.1, 0.15) is 18.4 Å². The molecule has 5 nitrogen and oxygen atoms in total. The lowest BCUT2D eigenvalue weighted by molar-refractivity contribution is -0.385. The molecule has 0 amide bonds. The normalized spacial score (nSPS) is 23.2. The van der Waals surface area contributed by atoms with Gasteiger partial charge >= 0.3 is 0 Å². The Morgan fingerprint density at radius 1 is 1.37 bits per heavy atom. The van der Waals surface area contributed by atoms with Gasteiger partial charge < -0.3 is 5.32 Å². The van der Waals surface area contributed by atoms with E-state index in [1.54, 1.807) is 6.07 Å². The van der Waals surface area contributed by atoms with Crippen LogP contribution in [0.25, 0.3) is 0 Å². The highest BCUT2D eigenvalue weighted by Crippen LogP contribution is 2.21. The summed E-state index contributed by atoms with van der Waals surface area (Å²) in [5.74, 6) is 1.49. The molecule has 1 fully saturated rings. The number of hydrogen-bond donors (Lipinski definition) is 1. The van der Waals surface area contributed by atoms with Gasteiger partial charge in [0.15, 0.2) is 0 Å². The fraction of sp³-hybridized carbons (Fsp3) is 0.500. The average molecular weight is 347 g/mol. The minimum Gasteiger partial charge on any atom is -0.310 e. The van der Waals surface area contributed by atoms with Crippen LogP contribution in [0.5, 0.6) is 0 Å². The van der Waals surface area contributed by atoms with Crippen molar-refractivity contribution in [1.29, 1.82) is 0 Å². The van der Waals surface area contributed by atoms with Crippen LogP contribution in [0.15, 0.2) is 22.7 Å². The lowest BCUT2D eigenvalue weighted by atomic mass is 10.1. The molecule has 0 atom stereocenters. The maximum atomic E-state index is 11.2. The van der Waals surface area contributed by atoms with Crippen molar-refractivity contribution in [2.45, 2.75) is 25.4 Å². The zero-order valence-corrected chi connectivity index (χ0v) is 12.7. The van der Waals surface area contributed by atoms with Crippen molar-refractivity contribution < 1.29 is 9.13 Å². The number of non-ortho nitro benzene ring substituents is 1. The minimum absolute atomic E-state index is 0.0934. The molecule has 104 valence electrons. The number of benzene rings is 1. The maximum absolute atomic E-state index is 11.2. The standard InChI is InChI=1S/C12H15BrN2O3S/c13-10-5-9(6-12(7-10)15(16)17)8-14-11-1-3-19(18)4-2-11/h5-7,11,14H,1-4,8H2. The quantitative estimate of drug-likeness (QED) is 0.670. The van der Waals surface area contributed by atoms with Crippen molar-refractivity contribution >= 4 is 32.4 Å². The number of nitrogens with zero attached hydrogens (tertiary/aromatic N) is 1. The summed E-state index contributed by atoms with van der Waals surface area (Å²) in [6.45, 7) is 0.595. The van der Waals surface area contributed by atoms with Gasteiger partial charge in [0.2, 0.25) is 0 Å². The Morgan fingerprint density at radius 3 is 2.68 bits per heavy atom. The topological polar surface area (TPSA) is 72.2 Å². The van der Waals surface area contributed by atoms with Gasteiger partial charge in [-0.1, -0.05) is 15.9 Å². The third kappa shape index (κ3) is 4.36. The number of halogens is 1. The smallest absolute Gasteiger partial charge is 0.270 e. The molecule has 0 saturated carbocycles. The summed E-state index contributed by atoms with van der Waals surface area (Å²) < 4.78 is 12.0. The molecule has 0 bridgehead atoms. The van der Waals surface area contributed by atoms with Gasteiger partial charge in [-0.25, -0.2) is 0 Å². The summed E-state index contributed by atoms with van der Waals surface area (Å²) in [5, 5.41) is 14.2. The number of nitro groups is 1. The van der Waals surface area contributed by atoms with Crippen LogP contribution in [-0.2, 0) is 17.3 Å². The molecule has 1 aromatic rings. The SMILES string of the molecule is O=[N+]([O-])c1cc(Br)cc(CNC2CCS(=O)CC2)c1. The van der Waals surface area contributed by atoms with Gasteiger partial charge in [0, 0.05) is 51.5 Å². The first kappa shape index (κ1) is 14.6. The van der Waals surface area contributed by atoms with E-state index in [1.165, 1.54) is 6.07 Å². The summed E-state index contributed by atoms with van der Waals surface area (Å²) in [4.78, 5) is 10.4. The molecular weight excluding hydrogens is 332 g/mol. The maximum Gasteiger partial charge on any atom is 0.270 e. The lowest BCUT2D eigenvalue weighted by Crippen LogP contribution is -2.35. The van der Waals surface area contributed by atoms with Gasteiger partial charge in [-0.3, -0.25) is 14.3 Å². The Kier molecular flexibility index (Phi) is 5.06. The highest BCUT2D eigenvalue weighted by molar-refractivity contribution is 9.10. The molecule has 0 unspecified atom stereocenters. The molecule has 0 spiro atoms. The first-order chi connectivity index (χ1) is 9.04. The van der Waals surface area contributed by atoms with Gasteiger partial charge in [0.25, 0.3) is 5.69 Å². The van der Waals surface area contributed by atoms with Crippen molar-refractivity contribution in [1.82, 2.24) is 5.32 Å². The largest absolute Gasteiger partial charge is 0.310 e. The molecular formula is C12H15BrN2O3S. The van der Waals surface area contributed by atoms with E-state index in [9.17, 15) is 14.3 Å². The summed E-state index contributed by atoms with van der Waals surface area (Å²) in [7, 11) is -0.659. The molecule has 1 aliphatic heterocycles. The molecule has 1 aromatic carbocycles. The molecule has 1 heterocycles. The van der Waals surface area contributed by atoms with Crippen LogP contribution in [0.4, 0.5) is 5.69 Å². The summed E-state index contributed by atoms with van der Waals surface area (Å²) >= 11 is 3.28. The van der Waals surface area contributed by atoms with E-state index in [0.717, 1.165) is 29.9 Å². The van der Waals surface area contributed by atoms with Gasteiger partial charge in [0.1, 0.15) is 0 Å². The highest BCUT2D eigenvalue weighted by Gasteiger charge is 2.17. The molecule has 1 aliphatic rings. The van der Waals surface area contributed by atoms with Gasteiger partial charge in [-0.15, -0.1) is 0 Å². The van der Waals surface area contributed by atoms with Crippen LogP contribution in [0.3, 0.4) is 0 Å². The minimum atomic E-state index is -0.659. The van der Waals surface area contributed by atoms with E-state index in [1.807, 2.05) is 6.07 Å². The fourth-order valence-electron chi connectivity index (χ4n) is 2.10. The third-order valence-corrected chi connectivity index (χ3v) is 4.98. The van der Waals surface area contributed by atoms with Gasteiger partial charge in [0.05, 0.1) is 4.92 Å². The van der Waals surface area contributed by atoms with Crippen LogP contribution < -0.4 is 5.32 Å². The van der Waals surface area contributed by atoms with E-state index in [0.29, 0.717) is 17.1 Å². The summed E-state index contributed by atoms with van der Waals surface area (Å²) in [6.07, 6.45) is 1.81. The predicted octanol–water partition coefficient (Wildman–Crippen LogP) is 2.36. The number of rotatable bonds is 4. The first-order valence-corrected chi connectivity index (χ1v) is 8.35. The molecule has 0 aromatic heterocycles. The Bertz CT molecular complexity index is 500. The molecule has 1 N–H and O–H groups in total. The van der Waals surface area contributed by atoms with Crippen molar-refractivity contribution in [2.24, 2.45) is 0 Å². The zero-order chi connectivity index (χ0) is 13.8. The van der Waals surface area contributed by atoms with Crippen molar-refractivity contribution in [2.75, 3.05) is 11.5 Å². The van der Waals surface area contributed by atoms with Crippen molar-refractivity contribution in [3.8, 4) is 0 Å². The number of nitrogens with one attached hydrogen (secondary N) is 1. The molecule has 0 aliphatic carbocycles. The van der Waals surface area contributed by atoms with Crippen LogP contribution in [0, 0.1) is 10.1 Å². The van der Waals surface area contributed by atoms with E-state index < -0.39 is 15.7 Å². The van der Waals surface area contributed by atoms with Gasteiger partial charge in [-0.2, -0.15) is 0 Å². The Morgan fingerprint density at radius 2 is 2.05 bits per heavy atom. The lowest BCUT2D eigenvalue weighted by Gasteiger charge is -2.22. The van der Waals surface area contributed by atoms with E-state index in [-0.39, 0.29) is 5.69 Å². The molecule has 19 heavy (non-hydrogen) atoms. The van der Waals surface area contributed by atoms with Crippen molar-refractivity contribution in [3.63, 3.8) is 0 Å². The second kappa shape index (κ2) is 6.58. The molecule has 2 rings (SSSR count). The van der Waals surface area contributed by atoms with E-state index in [4.69, 9.17) is 0 Å². The second-order valence-corrected chi connectivity index (χ2v) is 7.19. The van der Waals surface area contributed by atoms with Crippen molar-refractivity contribution in [3.05, 3.63) is 38.3 Å². The Balaban J connectivity index is 1.95. The molecule has 1 saturated heterocycles. The second-order valence-electron chi connectivity index (χ2n) is 4.58. The number of nitro benzene ring substituents is 1. The van der Waals surface area contributed by atoms with Gasteiger partial charge in [-0.05, 0) is 24.5 Å². The molecule has 0 radical (unpaired) electrons. The predicted molar refractivity (Wildman–Crippen MR) is 78.5 cm³/mol. The van der Waals surface area contributed by atoms with E-state index in [2.05, 4.69) is 21.2 Å². The van der Waals surface area contributed by atoms with Crippen LogP contribution >= 0.6 is 15.9 Å². The zero-order valence-electron chi connectivity index (χ0n) is 10.3. The Hall–Kier alpha value is -0.790. The summed E-state index contributed by atoms with van der Waals surface area (Å²) in [6, 6.07) is 5.31. The monoisotopic (exact) mass is 346 g/mol. The Labute approximate surface area is 122 Å².